The lowest BCUT2D eigenvalue weighted by atomic mass is 9.96. The molecule has 2 rings (SSSR count). The number of fused-ring (bicyclic) bond motifs is 1. The van der Waals surface area contributed by atoms with Crippen molar-refractivity contribution in [1.82, 2.24) is 4.72 Å². The Hall–Kier alpha value is -0.980. The lowest BCUT2D eigenvalue weighted by Gasteiger charge is -2.14. The molecule has 0 amide bonds. The SMILES string of the molecule is Cc1ccc(F)c2c1[C@@H](CNS(N)(=O)=O)CC2. The van der Waals surface area contributed by atoms with Crippen LogP contribution in [-0.2, 0) is 16.6 Å². The van der Waals surface area contributed by atoms with Gasteiger partial charge in [-0.25, -0.2) is 14.3 Å². The molecule has 6 heteroatoms. The highest BCUT2D eigenvalue weighted by molar-refractivity contribution is 7.87. The molecule has 1 aromatic carbocycles. The van der Waals surface area contributed by atoms with Crippen molar-refractivity contribution in [2.24, 2.45) is 5.14 Å². The van der Waals surface area contributed by atoms with E-state index in [-0.39, 0.29) is 18.3 Å². The van der Waals surface area contributed by atoms with Gasteiger partial charge in [-0.1, -0.05) is 6.07 Å². The van der Waals surface area contributed by atoms with Crippen LogP contribution in [0.25, 0.3) is 0 Å². The zero-order valence-corrected chi connectivity index (χ0v) is 10.3. The second-order valence-electron chi connectivity index (χ2n) is 4.39. The van der Waals surface area contributed by atoms with Gasteiger partial charge >= 0.3 is 0 Å². The van der Waals surface area contributed by atoms with Crippen molar-refractivity contribution in [2.45, 2.75) is 25.7 Å². The fourth-order valence-corrected chi connectivity index (χ4v) is 2.89. The summed E-state index contributed by atoms with van der Waals surface area (Å²) in [5.74, 6) is -0.192. The van der Waals surface area contributed by atoms with E-state index in [1.165, 1.54) is 6.07 Å². The minimum absolute atomic E-state index is 0.0130. The molecule has 17 heavy (non-hydrogen) atoms. The Balaban J connectivity index is 2.25. The number of nitrogens with one attached hydrogen (secondary N) is 1. The molecular formula is C11H15FN2O2S. The van der Waals surface area contributed by atoms with E-state index in [9.17, 15) is 12.8 Å². The third kappa shape index (κ3) is 2.65. The summed E-state index contributed by atoms with van der Waals surface area (Å²) in [5, 5.41) is 4.89. The molecule has 1 atom stereocenters. The lowest BCUT2D eigenvalue weighted by Crippen LogP contribution is -2.33. The monoisotopic (exact) mass is 258 g/mol. The fraction of sp³-hybridized carbons (Fsp3) is 0.455. The average Bonchev–Trinajstić information content (AvgIpc) is 2.64. The summed E-state index contributed by atoms with van der Waals surface area (Å²) in [6.45, 7) is 2.14. The summed E-state index contributed by atoms with van der Waals surface area (Å²) in [6, 6.07) is 3.19. The predicted molar refractivity (Wildman–Crippen MR) is 63.3 cm³/mol. The Morgan fingerprint density at radius 2 is 2.24 bits per heavy atom. The van der Waals surface area contributed by atoms with Crippen LogP contribution in [0, 0.1) is 12.7 Å². The second kappa shape index (κ2) is 4.36. The fourth-order valence-electron chi connectivity index (χ4n) is 2.46. The van der Waals surface area contributed by atoms with Crippen molar-refractivity contribution in [3.63, 3.8) is 0 Å². The quantitative estimate of drug-likeness (QED) is 0.847. The number of aryl methyl sites for hydroxylation is 1. The van der Waals surface area contributed by atoms with Crippen molar-refractivity contribution in [3.8, 4) is 0 Å². The van der Waals surface area contributed by atoms with Crippen LogP contribution >= 0.6 is 0 Å². The van der Waals surface area contributed by atoms with Crippen LogP contribution in [0.2, 0.25) is 0 Å². The number of nitrogens with two attached hydrogens (primary N) is 1. The van der Waals surface area contributed by atoms with Gasteiger partial charge in [-0.05, 0) is 48.4 Å². The second-order valence-corrected chi connectivity index (χ2v) is 5.76. The van der Waals surface area contributed by atoms with Gasteiger partial charge in [-0.2, -0.15) is 8.42 Å². The number of halogens is 1. The average molecular weight is 258 g/mol. The Kier molecular flexibility index (Phi) is 3.20. The molecule has 4 nitrogen and oxygen atoms in total. The van der Waals surface area contributed by atoms with Gasteiger partial charge in [-0.3, -0.25) is 0 Å². The first kappa shape index (κ1) is 12.5. The summed E-state index contributed by atoms with van der Waals surface area (Å²) >= 11 is 0. The molecule has 1 aliphatic rings. The van der Waals surface area contributed by atoms with Crippen molar-refractivity contribution in [3.05, 3.63) is 34.6 Å². The number of hydrogen-bond donors (Lipinski definition) is 2. The van der Waals surface area contributed by atoms with E-state index >= 15 is 0 Å². The summed E-state index contributed by atoms with van der Waals surface area (Å²) in [7, 11) is -3.68. The lowest BCUT2D eigenvalue weighted by molar-refractivity contribution is 0.569. The molecule has 0 unspecified atom stereocenters. The molecule has 3 N–H and O–H groups in total. The van der Waals surface area contributed by atoms with E-state index in [1.54, 1.807) is 6.07 Å². The van der Waals surface area contributed by atoms with Crippen molar-refractivity contribution >= 4 is 10.2 Å². The zero-order chi connectivity index (χ0) is 12.6. The molecule has 0 radical (unpaired) electrons. The van der Waals surface area contributed by atoms with Crippen LogP contribution in [0.4, 0.5) is 4.39 Å². The van der Waals surface area contributed by atoms with Crippen LogP contribution in [0.5, 0.6) is 0 Å². The van der Waals surface area contributed by atoms with E-state index in [2.05, 4.69) is 4.72 Å². The maximum Gasteiger partial charge on any atom is 0.274 e. The molecule has 0 aliphatic heterocycles. The van der Waals surface area contributed by atoms with Gasteiger partial charge in [0, 0.05) is 6.54 Å². The molecule has 0 saturated carbocycles. The normalized spacial score (nSPS) is 19.4. The Morgan fingerprint density at radius 3 is 2.88 bits per heavy atom. The van der Waals surface area contributed by atoms with E-state index in [0.29, 0.717) is 12.0 Å². The van der Waals surface area contributed by atoms with Gasteiger partial charge < -0.3 is 0 Å². The highest BCUT2D eigenvalue weighted by Crippen LogP contribution is 2.36. The first-order valence-corrected chi connectivity index (χ1v) is 6.98. The van der Waals surface area contributed by atoms with Gasteiger partial charge in [-0.15, -0.1) is 0 Å². The van der Waals surface area contributed by atoms with Gasteiger partial charge in [0.25, 0.3) is 10.2 Å². The zero-order valence-electron chi connectivity index (χ0n) is 9.53. The Morgan fingerprint density at radius 1 is 1.53 bits per heavy atom. The summed E-state index contributed by atoms with van der Waals surface area (Å²) in [4.78, 5) is 0. The predicted octanol–water partition coefficient (Wildman–Crippen LogP) is 0.957. The van der Waals surface area contributed by atoms with E-state index in [4.69, 9.17) is 5.14 Å². The first-order chi connectivity index (χ1) is 7.88. The highest BCUT2D eigenvalue weighted by atomic mass is 32.2. The summed E-state index contributed by atoms with van der Waals surface area (Å²) in [5.41, 5.74) is 2.65. The maximum absolute atomic E-state index is 13.6. The molecule has 0 spiro atoms. The summed E-state index contributed by atoms with van der Waals surface area (Å²) in [6.07, 6.45) is 1.40. The van der Waals surface area contributed by atoms with Crippen molar-refractivity contribution < 1.29 is 12.8 Å². The Labute approximate surface area is 100 Å². The molecule has 0 saturated heterocycles. The molecule has 1 aromatic rings. The minimum Gasteiger partial charge on any atom is -0.216 e. The van der Waals surface area contributed by atoms with Crippen LogP contribution < -0.4 is 9.86 Å². The number of hydrogen-bond acceptors (Lipinski definition) is 2. The van der Waals surface area contributed by atoms with Crippen LogP contribution in [-0.4, -0.2) is 15.0 Å². The standard InChI is InChI=1S/C11H15FN2O2S/c1-7-2-5-10(12)9-4-3-8(11(7)9)6-14-17(13,15)16/h2,5,8,14H,3-4,6H2,1H3,(H2,13,15,16)/t8-/m1/s1. The topological polar surface area (TPSA) is 72.2 Å². The molecule has 0 fully saturated rings. The molecular weight excluding hydrogens is 243 g/mol. The molecule has 94 valence electrons. The summed E-state index contributed by atoms with van der Waals surface area (Å²) < 4.78 is 37.5. The van der Waals surface area contributed by atoms with Crippen LogP contribution in [0.15, 0.2) is 12.1 Å². The number of benzene rings is 1. The minimum atomic E-state index is -3.68. The molecule has 0 bridgehead atoms. The molecule has 0 heterocycles. The Bertz CT molecular complexity index is 543. The van der Waals surface area contributed by atoms with E-state index in [1.807, 2.05) is 6.92 Å². The van der Waals surface area contributed by atoms with Crippen LogP contribution in [0.1, 0.15) is 29.0 Å². The van der Waals surface area contributed by atoms with Gasteiger partial charge in [0.05, 0.1) is 0 Å². The van der Waals surface area contributed by atoms with Crippen LogP contribution in [0.3, 0.4) is 0 Å². The third-order valence-electron chi connectivity index (χ3n) is 3.20. The van der Waals surface area contributed by atoms with E-state index < -0.39 is 10.2 Å². The van der Waals surface area contributed by atoms with Crippen molar-refractivity contribution in [2.75, 3.05) is 6.54 Å². The first-order valence-electron chi connectivity index (χ1n) is 5.44. The van der Waals surface area contributed by atoms with Gasteiger partial charge in [0.1, 0.15) is 5.82 Å². The van der Waals surface area contributed by atoms with Gasteiger partial charge in [0.15, 0.2) is 0 Å². The van der Waals surface area contributed by atoms with E-state index in [0.717, 1.165) is 17.5 Å². The molecule has 0 aromatic heterocycles. The van der Waals surface area contributed by atoms with Crippen molar-refractivity contribution in [1.29, 1.82) is 0 Å². The number of rotatable bonds is 3. The molecule has 1 aliphatic carbocycles. The highest BCUT2D eigenvalue weighted by Gasteiger charge is 2.27. The third-order valence-corrected chi connectivity index (χ3v) is 3.77. The van der Waals surface area contributed by atoms with Gasteiger partial charge in [0.2, 0.25) is 0 Å². The smallest absolute Gasteiger partial charge is 0.216 e. The largest absolute Gasteiger partial charge is 0.274 e. The maximum atomic E-state index is 13.6.